The zero-order chi connectivity index (χ0) is 24.8. The second kappa shape index (κ2) is 10.8. The first kappa shape index (κ1) is 24.0. The van der Waals surface area contributed by atoms with Gasteiger partial charge in [-0.3, -0.25) is 9.59 Å². The van der Waals surface area contributed by atoms with E-state index in [9.17, 15) is 22.8 Å². The van der Waals surface area contributed by atoms with Gasteiger partial charge in [-0.15, -0.1) is 16.9 Å². The monoisotopic (exact) mass is 498 g/mol. The van der Waals surface area contributed by atoms with Crippen LogP contribution in [-0.4, -0.2) is 38.6 Å². The lowest BCUT2D eigenvalue weighted by Gasteiger charge is -2.11. The number of benzene rings is 3. The Labute approximate surface area is 201 Å². The molecule has 0 saturated carbocycles. The predicted molar refractivity (Wildman–Crippen MR) is 122 cm³/mol. The summed E-state index contributed by atoms with van der Waals surface area (Å²) < 4.78 is 41.7. The molecule has 3 aromatic carbocycles. The van der Waals surface area contributed by atoms with Crippen LogP contribution in [0.2, 0.25) is 0 Å². The summed E-state index contributed by atoms with van der Waals surface area (Å²) in [4.78, 5) is 25.4. The molecule has 8 nitrogen and oxygen atoms in total. The number of anilines is 1. The Morgan fingerprint density at radius 2 is 1.66 bits per heavy atom. The fraction of sp³-hybridized carbons (Fsp3) is 0.0870. The fourth-order valence-electron chi connectivity index (χ4n) is 3.06. The fourth-order valence-corrected chi connectivity index (χ4v) is 4.02. The summed E-state index contributed by atoms with van der Waals surface area (Å²) in [6, 6.07) is 17.7. The van der Waals surface area contributed by atoms with E-state index in [1.165, 1.54) is 11.8 Å². The lowest BCUT2D eigenvalue weighted by atomic mass is 10.2. The number of para-hydroxylation sites is 1. The van der Waals surface area contributed by atoms with Crippen LogP contribution in [0.5, 0.6) is 0 Å². The Morgan fingerprint density at radius 3 is 2.46 bits per heavy atom. The molecule has 0 unspecified atom stereocenters. The number of halogens is 3. The van der Waals surface area contributed by atoms with Crippen LogP contribution in [0.1, 0.15) is 16.2 Å². The molecule has 35 heavy (non-hydrogen) atoms. The summed E-state index contributed by atoms with van der Waals surface area (Å²) in [6.45, 7) is -0.511. The molecule has 0 fully saturated rings. The van der Waals surface area contributed by atoms with Crippen molar-refractivity contribution in [1.29, 1.82) is 0 Å². The minimum atomic E-state index is -1.70. The smallest absolute Gasteiger partial charge is 0.252 e. The second-order valence-corrected chi connectivity index (χ2v) is 8.10. The average Bonchev–Trinajstić information content (AvgIpc) is 3.36. The Hall–Kier alpha value is -4.19. The van der Waals surface area contributed by atoms with Crippen LogP contribution < -0.4 is 10.6 Å². The van der Waals surface area contributed by atoms with Crippen molar-refractivity contribution in [1.82, 2.24) is 25.5 Å². The highest BCUT2D eigenvalue weighted by Crippen LogP contribution is 2.26. The van der Waals surface area contributed by atoms with Gasteiger partial charge in [-0.1, -0.05) is 30.3 Å². The highest BCUT2D eigenvalue weighted by Gasteiger charge is 2.17. The number of nitrogens with zero attached hydrogens (tertiary/aromatic N) is 4. The third-order valence-electron chi connectivity index (χ3n) is 4.74. The van der Waals surface area contributed by atoms with Gasteiger partial charge in [0.1, 0.15) is 0 Å². The number of thioether (sulfide) groups is 1. The van der Waals surface area contributed by atoms with Gasteiger partial charge in [0.2, 0.25) is 5.91 Å². The Kier molecular flexibility index (Phi) is 7.41. The van der Waals surface area contributed by atoms with Crippen LogP contribution in [0.3, 0.4) is 0 Å². The molecular formula is C23H17F3N6O2S. The molecule has 0 radical (unpaired) electrons. The number of hydrogen-bond donors (Lipinski definition) is 2. The predicted octanol–water partition coefficient (Wildman–Crippen LogP) is 3.74. The van der Waals surface area contributed by atoms with Gasteiger partial charge < -0.3 is 10.6 Å². The van der Waals surface area contributed by atoms with Gasteiger partial charge in [-0.2, -0.15) is 4.68 Å². The summed E-state index contributed by atoms with van der Waals surface area (Å²) in [5.41, 5.74) is 0.570. The number of amides is 2. The number of carbonyl (C=O) groups excluding carboxylic acids is 2. The van der Waals surface area contributed by atoms with E-state index in [4.69, 9.17) is 0 Å². The molecule has 0 bridgehead atoms. The van der Waals surface area contributed by atoms with Crippen molar-refractivity contribution >= 4 is 29.3 Å². The molecule has 0 aliphatic rings. The van der Waals surface area contributed by atoms with E-state index >= 15 is 0 Å². The molecule has 0 aliphatic carbocycles. The Morgan fingerprint density at radius 1 is 0.914 bits per heavy atom. The van der Waals surface area contributed by atoms with Crippen LogP contribution in [0.4, 0.5) is 18.9 Å². The van der Waals surface area contributed by atoms with Crippen LogP contribution in [0.15, 0.2) is 71.6 Å². The summed E-state index contributed by atoms with van der Waals surface area (Å²) in [5, 5.41) is 16.3. The molecule has 0 spiro atoms. The topological polar surface area (TPSA) is 102 Å². The van der Waals surface area contributed by atoms with Crippen molar-refractivity contribution in [2.45, 2.75) is 10.6 Å². The van der Waals surface area contributed by atoms with E-state index < -0.39 is 41.5 Å². The van der Waals surface area contributed by atoms with E-state index in [2.05, 4.69) is 26.2 Å². The largest absolute Gasteiger partial charge is 0.343 e. The lowest BCUT2D eigenvalue weighted by molar-refractivity contribution is -0.115. The summed E-state index contributed by atoms with van der Waals surface area (Å²) in [7, 11) is 0. The van der Waals surface area contributed by atoms with Crippen LogP contribution >= 0.6 is 11.8 Å². The van der Waals surface area contributed by atoms with Gasteiger partial charge in [-0.25, -0.2) is 13.2 Å². The Bertz CT molecular complexity index is 1370. The standard InChI is InChI=1S/C23H17F3N6O2S/c24-16-10-11-17(22(26)21(16)25)28-20(33)12-27-23(34)15-8-4-5-9-18(15)35-13-19-29-30-31-32(19)14-6-2-1-3-7-14/h1-11H,12-13H2,(H,27,34)(H,28,33). The molecule has 4 aromatic rings. The molecule has 4 rings (SSSR count). The quantitative estimate of drug-likeness (QED) is 0.284. The number of rotatable bonds is 8. The van der Waals surface area contributed by atoms with Gasteiger partial charge in [0.25, 0.3) is 5.91 Å². The third-order valence-corrected chi connectivity index (χ3v) is 5.81. The van der Waals surface area contributed by atoms with Crippen molar-refractivity contribution in [2.75, 3.05) is 11.9 Å². The minimum absolute atomic E-state index is 0.308. The first-order valence-electron chi connectivity index (χ1n) is 10.2. The second-order valence-electron chi connectivity index (χ2n) is 7.08. The third kappa shape index (κ3) is 5.66. The van der Waals surface area contributed by atoms with E-state index in [1.807, 2.05) is 30.3 Å². The molecule has 0 aliphatic heterocycles. The van der Waals surface area contributed by atoms with Gasteiger partial charge in [0, 0.05) is 4.90 Å². The average molecular weight is 498 g/mol. The maximum atomic E-state index is 13.7. The first-order valence-corrected chi connectivity index (χ1v) is 11.2. The summed E-state index contributed by atoms with van der Waals surface area (Å²) >= 11 is 1.33. The molecule has 1 aromatic heterocycles. The summed E-state index contributed by atoms with van der Waals surface area (Å²) in [5.74, 6) is -5.01. The number of aromatic nitrogens is 4. The van der Waals surface area contributed by atoms with E-state index in [0.717, 1.165) is 11.8 Å². The zero-order valence-corrected chi connectivity index (χ0v) is 18.7. The SMILES string of the molecule is O=C(CNC(=O)c1ccccc1SCc1nnnn1-c1ccccc1)Nc1ccc(F)c(F)c1F. The molecule has 0 atom stereocenters. The van der Waals surface area contributed by atoms with Gasteiger partial charge in [0.15, 0.2) is 23.3 Å². The lowest BCUT2D eigenvalue weighted by Crippen LogP contribution is -2.33. The van der Waals surface area contributed by atoms with Crippen molar-refractivity contribution in [3.63, 3.8) is 0 Å². The zero-order valence-electron chi connectivity index (χ0n) is 17.9. The molecule has 1 heterocycles. The van der Waals surface area contributed by atoms with E-state index in [0.29, 0.717) is 28.1 Å². The van der Waals surface area contributed by atoms with Crippen molar-refractivity contribution in [3.05, 3.63) is 95.6 Å². The van der Waals surface area contributed by atoms with Crippen molar-refractivity contribution < 1.29 is 22.8 Å². The van der Waals surface area contributed by atoms with Gasteiger partial charge in [-0.05, 0) is 46.8 Å². The number of nitrogens with one attached hydrogen (secondary N) is 2. The molecule has 178 valence electrons. The Balaban J connectivity index is 1.39. The molecular weight excluding hydrogens is 481 g/mol. The first-order chi connectivity index (χ1) is 16.9. The minimum Gasteiger partial charge on any atom is -0.343 e. The van der Waals surface area contributed by atoms with Crippen molar-refractivity contribution in [3.8, 4) is 5.69 Å². The highest BCUT2D eigenvalue weighted by atomic mass is 32.2. The molecule has 12 heteroatoms. The maximum Gasteiger partial charge on any atom is 0.252 e. The van der Waals surface area contributed by atoms with E-state index in [1.54, 1.807) is 28.9 Å². The molecule has 0 saturated heterocycles. The molecule has 2 N–H and O–H groups in total. The van der Waals surface area contributed by atoms with E-state index in [-0.39, 0.29) is 0 Å². The molecule has 2 amide bonds. The summed E-state index contributed by atoms with van der Waals surface area (Å²) in [6.07, 6.45) is 0. The van der Waals surface area contributed by atoms with Crippen molar-refractivity contribution in [2.24, 2.45) is 0 Å². The maximum absolute atomic E-state index is 13.7. The van der Waals surface area contributed by atoms with Crippen LogP contribution in [-0.2, 0) is 10.5 Å². The van der Waals surface area contributed by atoms with Crippen LogP contribution in [0, 0.1) is 17.5 Å². The number of hydrogen-bond acceptors (Lipinski definition) is 6. The van der Waals surface area contributed by atoms with Crippen LogP contribution in [0.25, 0.3) is 5.69 Å². The normalized spacial score (nSPS) is 10.7. The highest BCUT2D eigenvalue weighted by molar-refractivity contribution is 7.98. The number of carbonyl (C=O) groups is 2. The number of tetrazole rings is 1. The van der Waals surface area contributed by atoms with Gasteiger partial charge >= 0.3 is 0 Å². The van der Waals surface area contributed by atoms with Gasteiger partial charge in [0.05, 0.1) is 29.2 Å².